The van der Waals surface area contributed by atoms with E-state index in [4.69, 9.17) is 4.74 Å². The van der Waals surface area contributed by atoms with E-state index in [1.165, 1.54) is 21.3 Å². The number of sulfonamides is 1. The maximum absolute atomic E-state index is 13.0. The normalized spacial score (nSPS) is 15.0. The van der Waals surface area contributed by atoms with Gasteiger partial charge in [-0.15, -0.1) is 0 Å². The largest absolute Gasteiger partial charge is 0.452 e. The molecule has 0 aromatic heterocycles. The van der Waals surface area contributed by atoms with Crippen molar-refractivity contribution in [1.29, 1.82) is 0 Å². The molecule has 1 saturated heterocycles. The Balaban J connectivity index is 2.13. The Bertz CT molecular complexity index is 873. The van der Waals surface area contributed by atoms with Crippen LogP contribution in [0, 0.1) is 6.92 Å². The van der Waals surface area contributed by atoms with Gasteiger partial charge < -0.3 is 9.64 Å². The molecule has 0 atom stereocenters. The predicted molar refractivity (Wildman–Crippen MR) is 111 cm³/mol. The number of benzene rings is 1. The van der Waals surface area contributed by atoms with Gasteiger partial charge in [-0.3, -0.25) is 4.79 Å². The third kappa shape index (κ3) is 5.90. The molecule has 1 amide bonds. The Morgan fingerprint density at radius 2 is 1.86 bits per heavy atom. The summed E-state index contributed by atoms with van der Waals surface area (Å²) in [6.45, 7) is 10.6. The second-order valence-corrected chi connectivity index (χ2v) is 9.29. The maximum atomic E-state index is 13.0. The van der Waals surface area contributed by atoms with Crippen molar-refractivity contribution in [3.63, 3.8) is 0 Å². The number of likely N-dealkylation sites (N-methyl/N-ethyl adjacent to an activating group) is 1. The van der Waals surface area contributed by atoms with E-state index < -0.39 is 22.6 Å². The molecule has 0 saturated carbocycles. The van der Waals surface area contributed by atoms with Crippen LogP contribution in [0.3, 0.4) is 0 Å². The summed E-state index contributed by atoms with van der Waals surface area (Å²) in [5.74, 6) is -1.04. The van der Waals surface area contributed by atoms with E-state index in [0.717, 1.165) is 24.8 Å². The van der Waals surface area contributed by atoms with Gasteiger partial charge in [-0.1, -0.05) is 24.6 Å². The lowest BCUT2D eigenvalue weighted by Gasteiger charge is -2.26. The molecule has 1 fully saturated rings. The molecule has 1 heterocycles. The maximum Gasteiger partial charge on any atom is 0.338 e. The van der Waals surface area contributed by atoms with Gasteiger partial charge in [-0.25, -0.2) is 13.2 Å². The number of carbonyl (C=O) groups is 2. The van der Waals surface area contributed by atoms with Gasteiger partial charge in [0.05, 0.1) is 10.5 Å². The van der Waals surface area contributed by atoms with Crippen molar-refractivity contribution < 1.29 is 22.7 Å². The first-order valence-corrected chi connectivity index (χ1v) is 11.3. The Labute approximate surface area is 173 Å². The fourth-order valence-electron chi connectivity index (χ4n) is 3.25. The standard InChI is InChI=1S/C21H30N2O5S/c1-5-22(14-16(2)3)20(24)15-28-21(25)18-10-9-17(4)19(13-18)29(26,27)23-11-7-6-8-12-23/h9-10,13H,2,5-8,11-12,14-15H2,1,3-4H3. The lowest BCUT2D eigenvalue weighted by atomic mass is 10.1. The summed E-state index contributed by atoms with van der Waals surface area (Å²) in [5, 5.41) is 0. The van der Waals surface area contributed by atoms with Crippen LogP contribution in [0.2, 0.25) is 0 Å². The zero-order valence-corrected chi connectivity index (χ0v) is 18.3. The van der Waals surface area contributed by atoms with Gasteiger partial charge in [0, 0.05) is 26.2 Å². The van der Waals surface area contributed by atoms with Crippen LogP contribution in [-0.2, 0) is 19.6 Å². The molecule has 8 heteroatoms. The van der Waals surface area contributed by atoms with Crippen LogP contribution in [0.25, 0.3) is 0 Å². The van der Waals surface area contributed by atoms with Gasteiger partial charge >= 0.3 is 5.97 Å². The molecule has 160 valence electrons. The van der Waals surface area contributed by atoms with E-state index in [2.05, 4.69) is 6.58 Å². The summed E-state index contributed by atoms with van der Waals surface area (Å²) in [5.41, 5.74) is 1.52. The Morgan fingerprint density at radius 3 is 2.45 bits per heavy atom. The van der Waals surface area contributed by atoms with Crippen molar-refractivity contribution in [3.05, 3.63) is 41.5 Å². The number of aryl methyl sites for hydroxylation is 1. The number of nitrogens with zero attached hydrogens (tertiary/aromatic N) is 2. The summed E-state index contributed by atoms with van der Waals surface area (Å²) in [4.78, 5) is 26.3. The average molecular weight is 423 g/mol. The molecular formula is C21H30N2O5S. The van der Waals surface area contributed by atoms with Crippen molar-refractivity contribution >= 4 is 21.9 Å². The Kier molecular flexibility index (Phi) is 7.98. The number of amides is 1. The van der Waals surface area contributed by atoms with E-state index in [9.17, 15) is 18.0 Å². The molecule has 0 bridgehead atoms. The summed E-state index contributed by atoms with van der Waals surface area (Å²) >= 11 is 0. The molecule has 29 heavy (non-hydrogen) atoms. The van der Waals surface area contributed by atoms with E-state index >= 15 is 0 Å². The number of piperidine rings is 1. The highest BCUT2D eigenvalue weighted by atomic mass is 32.2. The number of rotatable bonds is 8. The number of esters is 1. The van der Waals surface area contributed by atoms with Crippen LogP contribution in [0.15, 0.2) is 35.2 Å². The highest BCUT2D eigenvalue weighted by molar-refractivity contribution is 7.89. The van der Waals surface area contributed by atoms with Crippen molar-refractivity contribution in [1.82, 2.24) is 9.21 Å². The van der Waals surface area contributed by atoms with E-state index in [0.29, 0.717) is 31.7 Å². The minimum absolute atomic E-state index is 0.109. The van der Waals surface area contributed by atoms with Gasteiger partial charge in [-0.05, 0) is 51.3 Å². The topological polar surface area (TPSA) is 84.0 Å². The third-order valence-electron chi connectivity index (χ3n) is 4.88. The van der Waals surface area contributed by atoms with Gasteiger partial charge in [0.2, 0.25) is 10.0 Å². The van der Waals surface area contributed by atoms with Crippen LogP contribution in [0.5, 0.6) is 0 Å². The predicted octanol–water partition coefficient (Wildman–Crippen LogP) is 2.75. The van der Waals surface area contributed by atoms with Crippen molar-refractivity contribution in [2.75, 3.05) is 32.8 Å². The first-order chi connectivity index (χ1) is 13.7. The quantitative estimate of drug-likeness (QED) is 0.475. The summed E-state index contributed by atoms with van der Waals surface area (Å²) in [7, 11) is -3.67. The van der Waals surface area contributed by atoms with Crippen LogP contribution in [0.4, 0.5) is 0 Å². The first kappa shape index (κ1) is 23.1. The minimum atomic E-state index is -3.67. The highest BCUT2D eigenvalue weighted by Crippen LogP contribution is 2.24. The van der Waals surface area contributed by atoms with E-state index in [1.807, 2.05) is 13.8 Å². The highest BCUT2D eigenvalue weighted by Gasteiger charge is 2.28. The number of hydrogen-bond acceptors (Lipinski definition) is 5. The lowest BCUT2D eigenvalue weighted by Crippen LogP contribution is -2.36. The summed E-state index contributed by atoms with van der Waals surface area (Å²) < 4.78 is 32.6. The van der Waals surface area contributed by atoms with E-state index in [1.54, 1.807) is 13.0 Å². The first-order valence-electron chi connectivity index (χ1n) is 9.87. The van der Waals surface area contributed by atoms with Crippen LogP contribution in [-0.4, -0.2) is 62.3 Å². The van der Waals surface area contributed by atoms with Crippen molar-refractivity contribution in [2.45, 2.75) is 44.9 Å². The molecule has 2 rings (SSSR count). The van der Waals surface area contributed by atoms with Crippen LogP contribution < -0.4 is 0 Å². The monoisotopic (exact) mass is 422 g/mol. The van der Waals surface area contributed by atoms with Gasteiger partial charge in [0.15, 0.2) is 6.61 Å². The molecule has 0 N–H and O–H groups in total. The van der Waals surface area contributed by atoms with Crippen LogP contribution in [0.1, 0.15) is 49.0 Å². The van der Waals surface area contributed by atoms with Gasteiger partial charge in [-0.2, -0.15) is 4.31 Å². The zero-order valence-electron chi connectivity index (χ0n) is 17.4. The molecule has 0 aliphatic carbocycles. The number of ether oxygens (including phenoxy) is 1. The summed E-state index contributed by atoms with van der Waals surface area (Å²) in [6.07, 6.45) is 2.69. The lowest BCUT2D eigenvalue weighted by molar-refractivity contribution is -0.133. The van der Waals surface area contributed by atoms with Crippen molar-refractivity contribution in [3.8, 4) is 0 Å². The zero-order chi connectivity index (χ0) is 21.6. The molecule has 0 unspecified atom stereocenters. The number of carbonyl (C=O) groups excluding carboxylic acids is 2. The SMILES string of the molecule is C=C(C)CN(CC)C(=O)COC(=O)c1ccc(C)c(S(=O)(=O)N2CCCCC2)c1. The van der Waals surface area contributed by atoms with Crippen LogP contribution >= 0.6 is 0 Å². The second kappa shape index (κ2) is 10.0. The minimum Gasteiger partial charge on any atom is -0.452 e. The fraction of sp³-hybridized carbons (Fsp3) is 0.524. The Hall–Kier alpha value is -2.19. The smallest absolute Gasteiger partial charge is 0.338 e. The molecule has 1 aliphatic heterocycles. The van der Waals surface area contributed by atoms with E-state index in [-0.39, 0.29) is 16.4 Å². The van der Waals surface area contributed by atoms with Crippen molar-refractivity contribution in [2.24, 2.45) is 0 Å². The molecule has 1 aromatic rings. The fourth-order valence-corrected chi connectivity index (χ4v) is 5.02. The summed E-state index contributed by atoms with van der Waals surface area (Å²) in [6, 6.07) is 4.45. The molecule has 0 spiro atoms. The molecule has 7 nitrogen and oxygen atoms in total. The average Bonchev–Trinajstić information content (AvgIpc) is 2.70. The molecule has 1 aliphatic rings. The van der Waals surface area contributed by atoms with Gasteiger partial charge in [0.1, 0.15) is 0 Å². The third-order valence-corrected chi connectivity index (χ3v) is 6.92. The molecular weight excluding hydrogens is 392 g/mol. The number of hydrogen-bond donors (Lipinski definition) is 0. The molecule has 0 radical (unpaired) electrons. The van der Waals surface area contributed by atoms with Gasteiger partial charge in [0.25, 0.3) is 5.91 Å². The molecule has 1 aromatic carbocycles. The second-order valence-electron chi connectivity index (χ2n) is 7.39. The Morgan fingerprint density at radius 1 is 1.21 bits per heavy atom.